The second kappa shape index (κ2) is 6.73. The van der Waals surface area contributed by atoms with Crippen LogP contribution >= 0.6 is 23.4 Å². The maximum absolute atomic E-state index is 11.5. The number of aliphatic carboxylic acids is 1. The fourth-order valence-electron chi connectivity index (χ4n) is 1.67. The molecule has 0 aromatic heterocycles. The molecule has 110 valence electrons. The van der Waals surface area contributed by atoms with Crippen molar-refractivity contribution in [2.45, 2.75) is 18.6 Å². The van der Waals surface area contributed by atoms with Gasteiger partial charge in [0.25, 0.3) is 0 Å². The maximum Gasteiger partial charge on any atom is 0.305 e. The number of amides is 1. The van der Waals surface area contributed by atoms with Gasteiger partial charge in [0.15, 0.2) is 5.17 Å². The number of carboxylic acid groups (broad SMARTS) is 1. The summed E-state index contributed by atoms with van der Waals surface area (Å²) in [5.41, 5.74) is 1.35. The normalized spacial score (nSPS) is 20.7. The zero-order chi connectivity index (χ0) is 15.4. The summed E-state index contributed by atoms with van der Waals surface area (Å²) in [6, 6.07) is 7.21. The molecule has 1 heterocycles. The zero-order valence-corrected chi connectivity index (χ0v) is 12.6. The van der Waals surface area contributed by atoms with Crippen LogP contribution in [0.1, 0.15) is 18.9 Å². The molecule has 0 spiro atoms. The quantitative estimate of drug-likeness (QED) is 0.655. The minimum Gasteiger partial charge on any atom is -0.481 e. The summed E-state index contributed by atoms with van der Waals surface area (Å²) in [6.07, 6.45) is -0.247. The van der Waals surface area contributed by atoms with Crippen LogP contribution in [0.2, 0.25) is 5.02 Å². The summed E-state index contributed by atoms with van der Waals surface area (Å²) in [4.78, 5) is 22.2. The minimum absolute atomic E-state index is 0.247. The SMILES string of the molecule is C/C(=N\N=C1\NC(=O)C(CC(=O)O)S1)c1ccccc1Cl. The van der Waals surface area contributed by atoms with E-state index in [0.717, 1.165) is 17.3 Å². The Hall–Kier alpha value is -1.86. The fraction of sp³-hybridized carbons (Fsp3) is 0.231. The van der Waals surface area contributed by atoms with Crippen molar-refractivity contribution >= 4 is 46.1 Å². The molecule has 0 aliphatic carbocycles. The Morgan fingerprint density at radius 1 is 1.48 bits per heavy atom. The second-order valence-electron chi connectivity index (χ2n) is 4.26. The first kappa shape index (κ1) is 15.5. The van der Waals surface area contributed by atoms with E-state index in [1.54, 1.807) is 13.0 Å². The Bertz CT molecular complexity index is 645. The molecule has 1 aromatic carbocycles. The largest absolute Gasteiger partial charge is 0.481 e. The molecule has 2 N–H and O–H groups in total. The number of nitrogens with one attached hydrogen (secondary N) is 1. The lowest BCUT2D eigenvalue weighted by molar-refractivity contribution is -0.138. The Kier molecular flexibility index (Phi) is 4.98. The minimum atomic E-state index is -1.03. The lowest BCUT2D eigenvalue weighted by Crippen LogP contribution is -2.26. The topological polar surface area (TPSA) is 91.1 Å². The highest BCUT2D eigenvalue weighted by molar-refractivity contribution is 8.15. The molecule has 0 saturated carbocycles. The van der Waals surface area contributed by atoms with Gasteiger partial charge in [-0.25, -0.2) is 0 Å². The standard InChI is InChI=1S/C13H12ClN3O3S/c1-7(8-4-2-3-5-9(8)14)16-17-13-15-12(20)10(21-13)6-11(18)19/h2-5,10H,6H2,1H3,(H,18,19)(H,15,17,20)/b16-7+. The molecular formula is C13H12ClN3O3S. The third kappa shape index (κ3) is 4.05. The highest BCUT2D eigenvalue weighted by atomic mass is 35.5. The number of benzene rings is 1. The first-order chi connectivity index (χ1) is 9.97. The molecule has 1 aliphatic rings. The number of carbonyl (C=O) groups excluding carboxylic acids is 1. The number of rotatable bonds is 4. The highest BCUT2D eigenvalue weighted by Crippen LogP contribution is 2.22. The van der Waals surface area contributed by atoms with Gasteiger partial charge in [-0.2, -0.15) is 5.10 Å². The van der Waals surface area contributed by atoms with Gasteiger partial charge in [-0.15, -0.1) is 5.10 Å². The lowest BCUT2D eigenvalue weighted by Gasteiger charge is -2.01. The van der Waals surface area contributed by atoms with Gasteiger partial charge in [-0.1, -0.05) is 41.6 Å². The van der Waals surface area contributed by atoms with Crippen LogP contribution < -0.4 is 5.32 Å². The van der Waals surface area contributed by atoms with E-state index in [4.69, 9.17) is 16.7 Å². The van der Waals surface area contributed by atoms with Gasteiger partial charge in [0.1, 0.15) is 5.25 Å². The van der Waals surface area contributed by atoms with Crippen molar-refractivity contribution in [3.05, 3.63) is 34.9 Å². The molecule has 8 heteroatoms. The van der Waals surface area contributed by atoms with Gasteiger partial charge in [0, 0.05) is 10.6 Å². The summed E-state index contributed by atoms with van der Waals surface area (Å²) in [5.74, 6) is -1.40. The average Bonchev–Trinajstić information content (AvgIpc) is 2.76. The summed E-state index contributed by atoms with van der Waals surface area (Å²) in [5, 5.41) is 19.3. The van der Waals surface area contributed by atoms with Crippen LogP contribution in [0, 0.1) is 0 Å². The maximum atomic E-state index is 11.5. The third-order valence-electron chi connectivity index (χ3n) is 2.69. The monoisotopic (exact) mass is 325 g/mol. The summed E-state index contributed by atoms with van der Waals surface area (Å²) in [7, 11) is 0. The van der Waals surface area contributed by atoms with E-state index in [1.165, 1.54) is 0 Å². The summed E-state index contributed by atoms with van der Waals surface area (Å²) in [6.45, 7) is 1.75. The van der Waals surface area contributed by atoms with Crippen molar-refractivity contribution in [1.82, 2.24) is 5.32 Å². The number of thioether (sulfide) groups is 1. The van der Waals surface area contributed by atoms with Crippen molar-refractivity contribution in [3.63, 3.8) is 0 Å². The molecule has 1 saturated heterocycles. The predicted molar refractivity (Wildman–Crippen MR) is 82.9 cm³/mol. The number of nitrogens with zero attached hydrogens (tertiary/aromatic N) is 2. The number of carboxylic acids is 1. The van der Waals surface area contributed by atoms with Crippen LogP contribution in [0.3, 0.4) is 0 Å². The van der Waals surface area contributed by atoms with Crippen molar-refractivity contribution in [3.8, 4) is 0 Å². The summed E-state index contributed by atoms with van der Waals surface area (Å²) < 4.78 is 0. The van der Waals surface area contributed by atoms with Crippen LogP contribution in [0.4, 0.5) is 0 Å². The average molecular weight is 326 g/mol. The van der Waals surface area contributed by atoms with E-state index in [0.29, 0.717) is 10.7 Å². The molecule has 0 bridgehead atoms. The fourth-order valence-corrected chi connectivity index (χ4v) is 2.86. The molecular weight excluding hydrogens is 314 g/mol. The van der Waals surface area contributed by atoms with Gasteiger partial charge in [-0.05, 0) is 13.0 Å². The summed E-state index contributed by atoms with van der Waals surface area (Å²) >= 11 is 7.11. The third-order valence-corrected chi connectivity index (χ3v) is 4.09. The van der Waals surface area contributed by atoms with Crippen LogP contribution in [0.15, 0.2) is 34.5 Å². The van der Waals surface area contributed by atoms with Crippen molar-refractivity contribution in [1.29, 1.82) is 0 Å². The van der Waals surface area contributed by atoms with Crippen LogP contribution in [-0.4, -0.2) is 33.1 Å². The van der Waals surface area contributed by atoms with Crippen molar-refractivity contribution in [2.24, 2.45) is 10.2 Å². The van der Waals surface area contributed by atoms with Gasteiger partial charge in [-0.3, -0.25) is 9.59 Å². The van der Waals surface area contributed by atoms with E-state index in [1.807, 2.05) is 18.2 Å². The molecule has 1 atom stereocenters. The van der Waals surface area contributed by atoms with Gasteiger partial charge in [0.2, 0.25) is 5.91 Å². The van der Waals surface area contributed by atoms with Gasteiger partial charge in [0.05, 0.1) is 12.1 Å². The number of hydrogen-bond donors (Lipinski definition) is 2. The van der Waals surface area contributed by atoms with E-state index in [-0.39, 0.29) is 17.5 Å². The first-order valence-corrected chi connectivity index (χ1v) is 7.29. The molecule has 1 amide bonds. The Labute approximate surface area is 130 Å². The first-order valence-electron chi connectivity index (χ1n) is 6.04. The van der Waals surface area contributed by atoms with E-state index < -0.39 is 11.2 Å². The van der Waals surface area contributed by atoms with Crippen LogP contribution in [0.5, 0.6) is 0 Å². The lowest BCUT2D eigenvalue weighted by atomic mass is 10.1. The molecule has 0 radical (unpaired) electrons. The number of amidine groups is 1. The van der Waals surface area contributed by atoms with Crippen LogP contribution in [-0.2, 0) is 9.59 Å². The Morgan fingerprint density at radius 3 is 2.86 bits per heavy atom. The van der Waals surface area contributed by atoms with Gasteiger partial charge < -0.3 is 10.4 Å². The molecule has 21 heavy (non-hydrogen) atoms. The van der Waals surface area contributed by atoms with Crippen LogP contribution in [0.25, 0.3) is 0 Å². The number of carbonyl (C=O) groups is 2. The van der Waals surface area contributed by atoms with Gasteiger partial charge >= 0.3 is 5.97 Å². The predicted octanol–water partition coefficient (Wildman–Crippen LogP) is 2.13. The number of hydrogen-bond acceptors (Lipinski definition) is 5. The zero-order valence-electron chi connectivity index (χ0n) is 11.0. The molecule has 1 unspecified atom stereocenters. The number of halogens is 1. The second-order valence-corrected chi connectivity index (χ2v) is 5.86. The van der Waals surface area contributed by atoms with E-state index in [2.05, 4.69) is 15.5 Å². The smallest absolute Gasteiger partial charge is 0.305 e. The van der Waals surface area contributed by atoms with Crippen molar-refractivity contribution in [2.75, 3.05) is 0 Å². The van der Waals surface area contributed by atoms with Crippen molar-refractivity contribution < 1.29 is 14.7 Å². The molecule has 1 fully saturated rings. The molecule has 6 nitrogen and oxygen atoms in total. The molecule has 1 aliphatic heterocycles. The highest BCUT2D eigenvalue weighted by Gasteiger charge is 2.32. The van der Waals surface area contributed by atoms with E-state index in [9.17, 15) is 9.59 Å². The van der Waals surface area contributed by atoms with E-state index >= 15 is 0 Å². The molecule has 2 rings (SSSR count). The Balaban J connectivity index is 2.11. The Morgan fingerprint density at radius 2 is 2.19 bits per heavy atom. The molecule has 1 aromatic rings.